The van der Waals surface area contributed by atoms with Crippen LogP contribution in [0.1, 0.15) is 36.2 Å². The van der Waals surface area contributed by atoms with Gasteiger partial charge in [0.15, 0.2) is 0 Å². The molecule has 0 spiro atoms. The highest BCUT2D eigenvalue weighted by molar-refractivity contribution is 6.31. The number of carbonyl (C=O) groups is 1. The van der Waals surface area contributed by atoms with Crippen molar-refractivity contribution in [2.45, 2.75) is 33.2 Å². The van der Waals surface area contributed by atoms with Crippen LogP contribution in [-0.4, -0.2) is 23.4 Å². The Morgan fingerprint density at radius 3 is 2.67 bits per heavy atom. The van der Waals surface area contributed by atoms with Crippen molar-refractivity contribution >= 4 is 17.5 Å². The van der Waals surface area contributed by atoms with E-state index in [1.165, 1.54) is 0 Å². The lowest BCUT2D eigenvalue weighted by atomic mass is 10.1. The number of halogens is 1. The van der Waals surface area contributed by atoms with Crippen molar-refractivity contribution in [3.05, 3.63) is 34.3 Å². The van der Waals surface area contributed by atoms with Crippen LogP contribution in [0, 0.1) is 18.3 Å². The van der Waals surface area contributed by atoms with E-state index in [4.69, 9.17) is 16.9 Å². The van der Waals surface area contributed by atoms with E-state index in [0.717, 1.165) is 5.56 Å². The van der Waals surface area contributed by atoms with Crippen molar-refractivity contribution in [2.24, 2.45) is 0 Å². The number of amides is 1. The Balaban J connectivity index is 2.95. The highest BCUT2D eigenvalue weighted by Crippen LogP contribution is 2.18. The van der Waals surface area contributed by atoms with Crippen LogP contribution in [-0.2, 0) is 0 Å². The summed E-state index contributed by atoms with van der Waals surface area (Å²) in [5, 5.41) is 9.21. The summed E-state index contributed by atoms with van der Waals surface area (Å²) in [5.74, 6) is -0.0813. The van der Waals surface area contributed by atoms with E-state index >= 15 is 0 Å². The molecule has 0 heterocycles. The molecule has 0 N–H and O–H groups in total. The van der Waals surface area contributed by atoms with Gasteiger partial charge in [-0.15, -0.1) is 0 Å². The van der Waals surface area contributed by atoms with Crippen LogP contribution in [0.25, 0.3) is 0 Å². The topological polar surface area (TPSA) is 44.1 Å². The maximum Gasteiger partial charge on any atom is 0.254 e. The van der Waals surface area contributed by atoms with Gasteiger partial charge in [-0.1, -0.05) is 17.7 Å². The second-order valence-electron chi connectivity index (χ2n) is 4.46. The van der Waals surface area contributed by atoms with E-state index in [9.17, 15) is 4.79 Å². The number of carbonyl (C=O) groups excluding carboxylic acids is 1. The molecule has 0 aliphatic carbocycles. The molecular formula is C14H17ClN2O. The highest BCUT2D eigenvalue weighted by Gasteiger charge is 2.18. The summed E-state index contributed by atoms with van der Waals surface area (Å²) >= 11 is 6.02. The van der Waals surface area contributed by atoms with E-state index in [2.05, 4.69) is 6.07 Å². The quantitative estimate of drug-likeness (QED) is 0.836. The summed E-state index contributed by atoms with van der Waals surface area (Å²) in [6, 6.07) is 7.40. The van der Waals surface area contributed by atoms with Gasteiger partial charge in [0.1, 0.15) is 0 Å². The molecule has 1 aromatic carbocycles. The minimum absolute atomic E-state index is 0.0610. The molecule has 1 rings (SSSR count). The normalized spacial score (nSPS) is 10.2. The Kier molecular flexibility index (Phi) is 5.18. The molecule has 0 aliphatic heterocycles. The Bertz CT molecular complexity index is 477. The lowest BCUT2D eigenvalue weighted by Gasteiger charge is -2.26. The third kappa shape index (κ3) is 3.48. The SMILES string of the molecule is Cc1ccc(C(=O)N(CCC#N)C(C)C)cc1Cl. The van der Waals surface area contributed by atoms with Crippen LogP contribution in [0.3, 0.4) is 0 Å². The summed E-state index contributed by atoms with van der Waals surface area (Å²) in [7, 11) is 0. The van der Waals surface area contributed by atoms with Crippen molar-refractivity contribution in [2.75, 3.05) is 6.54 Å². The van der Waals surface area contributed by atoms with Gasteiger partial charge < -0.3 is 4.90 Å². The second-order valence-corrected chi connectivity index (χ2v) is 4.87. The second kappa shape index (κ2) is 6.42. The Labute approximate surface area is 113 Å². The molecule has 0 fully saturated rings. The summed E-state index contributed by atoms with van der Waals surface area (Å²) < 4.78 is 0. The number of nitriles is 1. The molecule has 0 aromatic heterocycles. The van der Waals surface area contributed by atoms with E-state index in [-0.39, 0.29) is 11.9 Å². The van der Waals surface area contributed by atoms with Gasteiger partial charge in [-0.05, 0) is 38.5 Å². The minimum Gasteiger partial charge on any atom is -0.335 e. The number of hydrogen-bond acceptors (Lipinski definition) is 2. The molecule has 0 radical (unpaired) electrons. The monoisotopic (exact) mass is 264 g/mol. The number of rotatable bonds is 4. The first-order valence-electron chi connectivity index (χ1n) is 5.91. The zero-order valence-corrected chi connectivity index (χ0v) is 11.7. The van der Waals surface area contributed by atoms with Gasteiger partial charge in [-0.25, -0.2) is 0 Å². The summed E-state index contributed by atoms with van der Waals surface area (Å²) in [5.41, 5.74) is 1.51. The molecular weight excluding hydrogens is 248 g/mol. The molecule has 0 bridgehead atoms. The number of benzene rings is 1. The van der Waals surface area contributed by atoms with Crippen LogP contribution in [0.2, 0.25) is 5.02 Å². The molecule has 0 saturated heterocycles. The largest absolute Gasteiger partial charge is 0.335 e. The van der Waals surface area contributed by atoms with Crippen LogP contribution >= 0.6 is 11.6 Å². The number of hydrogen-bond donors (Lipinski definition) is 0. The fourth-order valence-electron chi connectivity index (χ4n) is 1.66. The van der Waals surface area contributed by atoms with E-state index < -0.39 is 0 Å². The minimum atomic E-state index is -0.0813. The Morgan fingerprint density at radius 1 is 1.50 bits per heavy atom. The van der Waals surface area contributed by atoms with Crippen molar-refractivity contribution in [1.29, 1.82) is 5.26 Å². The van der Waals surface area contributed by atoms with Crippen LogP contribution in [0.15, 0.2) is 18.2 Å². The summed E-state index contributed by atoms with van der Waals surface area (Å²) in [6.07, 6.45) is 0.337. The Hall–Kier alpha value is -1.53. The number of aryl methyl sites for hydroxylation is 1. The van der Waals surface area contributed by atoms with E-state index in [1.54, 1.807) is 17.0 Å². The third-order valence-corrected chi connectivity index (χ3v) is 3.17. The molecule has 0 aliphatic rings. The van der Waals surface area contributed by atoms with Crippen molar-refractivity contribution in [3.8, 4) is 6.07 Å². The first-order chi connectivity index (χ1) is 8.47. The van der Waals surface area contributed by atoms with Crippen LogP contribution in [0.5, 0.6) is 0 Å². The molecule has 0 saturated carbocycles. The fourth-order valence-corrected chi connectivity index (χ4v) is 1.84. The first-order valence-corrected chi connectivity index (χ1v) is 6.29. The fraction of sp³-hybridized carbons (Fsp3) is 0.429. The predicted octanol–water partition coefficient (Wildman–Crippen LogP) is 3.41. The predicted molar refractivity (Wildman–Crippen MR) is 72.6 cm³/mol. The van der Waals surface area contributed by atoms with E-state index in [1.807, 2.05) is 26.8 Å². The molecule has 0 unspecified atom stereocenters. The van der Waals surface area contributed by atoms with Gasteiger partial charge in [0.25, 0.3) is 5.91 Å². The van der Waals surface area contributed by atoms with Gasteiger partial charge in [0.05, 0.1) is 12.5 Å². The molecule has 4 heteroatoms. The molecule has 0 atom stereocenters. The average molecular weight is 265 g/mol. The third-order valence-electron chi connectivity index (χ3n) is 2.77. The standard InChI is InChI=1S/C14H17ClN2O/c1-10(2)17(8-4-7-16)14(18)12-6-5-11(3)13(15)9-12/h5-6,9-10H,4,8H2,1-3H3. The highest BCUT2D eigenvalue weighted by atomic mass is 35.5. The number of nitrogens with zero attached hydrogens (tertiary/aromatic N) is 2. The lowest BCUT2D eigenvalue weighted by molar-refractivity contribution is 0.0710. The van der Waals surface area contributed by atoms with E-state index in [0.29, 0.717) is 23.6 Å². The molecule has 3 nitrogen and oxygen atoms in total. The first kappa shape index (κ1) is 14.5. The van der Waals surface area contributed by atoms with Gasteiger partial charge >= 0.3 is 0 Å². The molecule has 1 aromatic rings. The molecule has 1 amide bonds. The average Bonchev–Trinajstić information content (AvgIpc) is 2.32. The van der Waals surface area contributed by atoms with Crippen molar-refractivity contribution in [1.82, 2.24) is 4.90 Å². The maximum atomic E-state index is 12.3. The van der Waals surface area contributed by atoms with Crippen LogP contribution < -0.4 is 0 Å². The van der Waals surface area contributed by atoms with Crippen LogP contribution in [0.4, 0.5) is 0 Å². The van der Waals surface area contributed by atoms with Gasteiger partial charge in [-0.3, -0.25) is 4.79 Å². The van der Waals surface area contributed by atoms with Gasteiger partial charge in [-0.2, -0.15) is 5.26 Å². The van der Waals surface area contributed by atoms with Gasteiger partial charge in [0, 0.05) is 23.2 Å². The lowest BCUT2D eigenvalue weighted by Crippen LogP contribution is -2.37. The van der Waals surface area contributed by atoms with Gasteiger partial charge in [0.2, 0.25) is 0 Å². The zero-order chi connectivity index (χ0) is 13.7. The maximum absolute atomic E-state index is 12.3. The van der Waals surface area contributed by atoms with Crippen molar-refractivity contribution in [3.63, 3.8) is 0 Å². The Morgan fingerprint density at radius 2 is 2.17 bits per heavy atom. The smallest absolute Gasteiger partial charge is 0.254 e. The zero-order valence-electron chi connectivity index (χ0n) is 10.9. The summed E-state index contributed by atoms with van der Waals surface area (Å²) in [4.78, 5) is 14.0. The molecule has 96 valence electrons. The molecule has 18 heavy (non-hydrogen) atoms. The van der Waals surface area contributed by atoms with Crippen molar-refractivity contribution < 1.29 is 4.79 Å². The summed E-state index contributed by atoms with van der Waals surface area (Å²) in [6.45, 7) is 6.21.